The van der Waals surface area contributed by atoms with Crippen molar-refractivity contribution in [1.29, 1.82) is 0 Å². The molecule has 14 nitrogen and oxygen atoms in total. The van der Waals surface area contributed by atoms with Gasteiger partial charge >= 0.3 is 12.3 Å². The Hall–Kier alpha value is -4.78. The minimum atomic E-state index is -4.58. The first-order valence-corrected chi connectivity index (χ1v) is 20.0. The zero-order chi connectivity index (χ0) is 39.9. The largest absolute Gasteiger partial charge is 0.471 e. The third-order valence-corrected chi connectivity index (χ3v) is 12.4. The van der Waals surface area contributed by atoms with Gasteiger partial charge in [-0.15, -0.1) is 17.9 Å². The molecule has 1 saturated heterocycles. The third kappa shape index (κ3) is 9.03. The van der Waals surface area contributed by atoms with Gasteiger partial charge in [-0.1, -0.05) is 45.0 Å². The van der Waals surface area contributed by atoms with E-state index in [1.54, 1.807) is 39.0 Å². The second-order valence-corrected chi connectivity index (χ2v) is 17.9. The van der Waals surface area contributed by atoms with E-state index in [-0.39, 0.29) is 25.3 Å². The van der Waals surface area contributed by atoms with Crippen LogP contribution in [0.1, 0.15) is 52.9 Å². The van der Waals surface area contributed by atoms with Crippen LogP contribution in [0, 0.1) is 11.3 Å². The Bertz CT molecular complexity index is 2090. The van der Waals surface area contributed by atoms with Gasteiger partial charge in [-0.25, -0.2) is 23.2 Å². The van der Waals surface area contributed by atoms with Gasteiger partial charge in [-0.3, -0.25) is 19.1 Å². The minimum Gasteiger partial charge on any atom is -0.471 e. The summed E-state index contributed by atoms with van der Waals surface area (Å²) >= 11 is 1.40. The highest BCUT2D eigenvalue weighted by molar-refractivity contribution is 7.91. The number of sulfonamides is 1. The van der Waals surface area contributed by atoms with Crippen molar-refractivity contribution in [3.63, 3.8) is 0 Å². The van der Waals surface area contributed by atoms with Gasteiger partial charge in [0.2, 0.25) is 27.7 Å². The molecule has 55 heavy (non-hydrogen) atoms. The third-order valence-electron chi connectivity index (χ3n) is 9.66. The van der Waals surface area contributed by atoms with Crippen LogP contribution in [-0.2, 0) is 29.1 Å². The highest BCUT2D eigenvalue weighted by Crippen LogP contribution is 2.46. The molecule has 3 heterocycles. The smallest absolute Gasteiger partial charge is 0.407 e. The minimum absolute atomic E-state index is 0.0572. The first-order chi connectivity index (χ1) is 25.8. The number of hydrogen-bond donors (Lipinski definition) is 3. The topological polar surface area (TPSA) is 186 Å². The van der Waals surface area contributed by atoms with E-state index >= 15 is 0 Å². The highest BCUT2D eigenvalue weighted by atomic mass is 32.2. The maximum Gasteiger partial charge on any atom is 0.407 e. The van der Waals surface area contributed by atoms with Crippen molar-refractivity contribution in [1.82, 2.24) is 30.2 Å². The van der Waals surface area contributed by atoms with E-state index in [0.29, 0.717) is 29.6 Å². The fraction of sp³-hybridized carbons (Fsp3) is 0.500. The van der Waals surface area contributed by atoms with Crippen LogP contribution < -0.4 is 20.1 Å². The number of alkyl halides is 3. The van der Waals surface area contributed by atoms with Crippen molar-refractivity contribution in [3.8, 4) is 16.5 Å². The van der Waals surface area contributed by atoms with Gasteiger partial charge < -0.3 is 25.0 Å². The number of para-hydroxylation sites is 2. The maximum absolute atomic E-state index is 14.4. The molecule has 5 atom stereocenters. The molecule has 1 aromatic carbocycles. The summed E-state index contributed by atoms with van der Waals surface area (Å²) in [6.45, 7) is 7.37. The number of amides is 4. The molecule has 2 aromatic heterocycles. The molecule has 3 aromatic rings. The van der Waals surface area contributed by atoms with Crippen molar-refractivity contribution < 1.29 is 50.2 Å². The number of nitrogens with zero attached hydrogens (tertiary/aromatic N) is 3. The number of nitrogens with one attached hydrogen (secondary N) is 3. The summed E-state index contributed by atoms with van der Waals surface area (Å²) in [6, 6.07) is 8.10. The number of hydrogen-bond acceptors (Lipinski definition) is 11. The number of fused-ring (bicyclic) bond motifs is 1. The normalized spacial score (nSPS) is 23.1. The fourth-order valence-electron chi connectivity index (χ4n) is 6.43. The van der Waals surface area contributed by atoms with Crippen LogP contribution in [-0.4, -0.2) is 95.4 Å². The number of aromatic nitrogens is 2. The summed E-state index contributed by atoms with van der Waals surface area (Å²) in [6.07, 6.45) is -5.95. The molecule has 3 aliphatic rings. The summed E-state index contributed by atoms with van der Waals surface area (Å²) in [7, 11) is -3.97. The van der Waals surface area contributed by atoms with Gasteiger partial charge in [-0.05, 0) is 48.3 Å². The second kappa shape index (κ2) is 15.0. The number of rotatable bonds is 13. The van der Waals surface area contributed by atoms with E-state index < -0.39 is 93.4 Å². The number of benzene rings is 1. The molecule has 2 saturated carbocycles. The maximum atomic E-state index is 14.4. The lowest BCUT2D eigenvalue weighted by atomic mass is 9.85. The van der Waals surface area contributed by atoms with Crippen LogP contribution in [0.25, 0.3) is 21.6 Å². The van der Waals surface area contributed by atoms with E-state index in [1.807, 2.05) is 23.6 Å². The Morgan fingerprint density at radius 2 is 1.78 bits per heavy atom. The summed E-state index contributed by atoms with van der Waals surface area (Å²) in [5.74, 6) is -2.98. The van der Waals surface area contributed by atoms with Crippen LogP contribution in [0.2, 0.25) is 0 Å². The molecule has 0 bridgehead atoms. The number of carbonyl (C=O) groups is 4. The van der Waals surface area contributed by atoms with E-state index in [2.05, 4.69) is 21.9 Å². The molecule has 2 aliphatic carbocycles. The van der Waals surface area contributed by atoms with Crippen LogP contribution in [0.3, 0.4) is 0 Å². The molecule has 1 unspecified atom stereocenters. The SMILES string of the molecule is C=C[C@@H]1CC1(NC(=O)[C@@H]1C[C@@H](Oc2nc3ccccc3nc2-c2cccs2)CN1C(=O)[C@@H](NC(=O)OCCC(F)(F)F)C(C)(C)C)C(=O)NS(=O)(=O)C1CC1. The molecule has 296 valence electrons. The monoisotopic (exact) mass is 806 g/mol. The lowest BCUT2D eigenvalue weighted by Gasteiger charge is -2.35. The first-order valence-electron chi connectivity index (χ1n) is 17.6. The molecule has 0 radical (unpaired) electrons. The van der Waals surface area contributed by atoms with Gasteiger partial charge in [0.1, 0.15) is 36.0 Å². The van der Waals surface area contributed by atoms with E-state index in [4.69, 9.17) is 19.4 Å². The van der Waals surface area contributed by atoms with Crippen LogP contribution >= 0.6 is 11.3 Å². The van der Waals surface area contributed by atoms with Gasteiger partial charge in [0, 0.05) is 12.3 Å². The fourth-order valence-corrected chi connectivity index (χ4v) is 8.49. The van der Waals surface area contributed by atoms with Crippen LogP contribution in [0.5, 0.6) is 5.88 Å². The van der Waals surface area contributed by atoms with Crippen molar-refractivity contribution in [2.75, 3.05) is 13.2 Å². The zero-order valence-electron chi connectivity index (χ0n) is 30.2. The molecule has 19 heteroatoms. The van der Waals surface area contributed by atoms with Crippen molar-refractivity contribution >= 4 is 56.2 Å². The Balaban J connectivity index is 1.30. The number of alkyl carbamates (subject to hydrolysis) is 1. The lowest BCUT2D eigenvalue weighted by Crippen LogP contribution is -2.60. The Labute approximate surface area is 319 Å². The van der Waals surface area contributed by atoms with E-state index in [9.17, 15) is 40.8 Å². The number of carbonyl (C=O) groups excluding carboxylic acids is 4. The number of likely N-dealkylation sites (tertiary alicyclic amines) is 1. The molecule has 3 fully saturated rings. The number of ether oxygens (including phenoxy) is 2. The molecule has 6 rings (SSSR count). The number of halogens is 3. The summed E-state index contributed by atoms with van der Waals surface area (Å²) < 4.78 is 76.8. The molecular weight excluding hydrogens is 766 g/mol. The molecule has 0 spiro atoms. The average Bonchev–Trinajstić information content (AvgIpc) is 3.98. The van der Waals surface area contributed by atoms with Gasteiger partial charge in [0.05, 0.1) is 34.1 Å². The summed E-state index contributed by atoms with van der Waals surface area (Å²) in [5, 5.41) is 6.22. The van der Waals surface area contributed by atoms with Crippen molar-refractivity contribution in [2.24, 2.45) is 11.3 Å². The predicted octanol–water partition coefficient (Wildman–Crippen LogP) is 4.47. The zero-order valence-corrected chi connectivity index (χ0v) is 31.9. The van der Waals surface area contributed by atoms with E-state index in [0.717, 1.165) is 4.88 Å². The van der Waals surface area contributed by atoms with Crippen molar-refractivity contribution in [2.45, 2.75) is 88.0 Å². The summed E-state index contributed by atoms with van der Waals surface area (Å²) in [5.41, 5.74) is -1.14. The second-order valence-electron chi connectivity index (χ2n) is 15.0. The predicted molar refractivity (Wildman–Crippen MR) is 195 cm³/mol. The van der Waals surface area contributed by atoms with Crippen molar-refractivity contribution in [3.05, 3.63) is 54.4 Å². The molecule has 3 N–H and O–H groups in total. The lowest BCUT2D eigenvalue weighted by molar-refractivity contribution is -0.144. The summed E-state index contributed by atoms with van der Waals surface area (Å²) in [4.78, 5) is 66.3. The Morgan fingerprint density at radius 1 is 1.09 bits per heavy atom. The molecular formula is C36H41F3N6O8S2. The Morgan fingerprint density at radius 3 is 2.36 bits per heavy atom. The molecule has 4 amide bonds. The highest BCUT2D eigenvalue weighted by Gasteiger charge is 2.62. The first kappa shape index (κ1) is 39.9. The number of thiophene rings is 1. The van der Waals surface area contributed by atoms with Crippen LogP contribution in [0.4, 0.5) is 18.0 Å². The van der Waals surface area contributed by atoms with Gasteiger partial charge in [0.15, 0.2) is 0 Å². The standard InChI is InChI=1S/C36H41F3N6O8S2/c1-5-20-18-35(20,32(48)44-55(50,51)22-12-13-22)43-29(46)25-17-21(53-30-27(26-11-8-16-54-26)40-23-9-6-7-10-24(23)41-30)19-45(25)31(47)28(34(2,3)4)42-33(49)52-15-14-36(37,38)39/h5-11,16,20-22,25,28H,1,12-15,17-19H2,2-4H3,(H,42,49)(H,43,46)(H,44,48)/t20-,21-,25+,28-,35?/m1/s1. The van der Waals surface area contributed by atoms with Gasteiger partial charge in [0.25, 0.3) is 5.91 Å². The van der Waals surface area contributed by atoms with Crippen LogP contribution in [0.15, 0.2) is 54.4 Å². The molecule has 1 aliphatic heterocycles. The quantitative estimate of drug-likeness (QED) is 0.208. The van der Waals surface area contributed by atoms with Gasteiger partial charge in [-0.2, -0.15) is 13.2 Å². The van der Waals surface area contributed by atoms with E-state index in [1.165, 1.54) is 22.3 Å². The average molecular weight is 807 g/mol. The Kier molecular flexibility index (Phi) is 10.9.